The molecule has 26 heavy (non-hydrogen) atoms. The minimum absolute atomic E-state index is 0.0101. The lowest BCUT2D eigenvalue weighted by Crippen LogP contribution is -2.33. The molecule has 1 aliphatic heterocycles. The Morgan fingerprint density at radius 3 is 2.65 bits per heavy atom. The highest BCUT2D eigenvalue weighted by Gasteiger charge is 2.46. The second-order valence-corrected chi connectivity index (χ2v) is 6.62. The van der Waals surface area contributed by atoms with E-state index in [0.717, 1.165) is 12.8 Å². The van der Waals surface area contributed by atoms with Crippen LogP contribution in [-0.2, 0) is 9.59 Å². The predicted octanol–water partition coefficient (Wildman–Crippen LogP) is 1.55. The Labute approximate surface area is 149 Å². The van der Waals surface area contributed by atoms with Crippen LogP contribution in [0.3, 0.4) is 0 Å². The Bertz CT molecular complexity index is 732. The number of carboxylic acid groups (broad SMARTS) is 1. The van der Waals surface area contributed by atoms with Crippen molar-refractivity contribution in [1.82, 2.24) is 4.90 Å². The molecule has 0 aromatic heterocycles. The Morgan fingerprint density at radius 1 is 1.35 bits per heavy atom. The maximum absolute atomic E-state index is 12.4. The molecule has 1 saturated heterocycles. The number of carbonyl (C=O) groups is 2. The van der Waals surface area contributed by atoms with Crippen molar-refractivity contribution in [2.24, 2.45) is 17.8 Å². The normalized spacial score (nSPS) is 22.1. The van der Waals surface area contributed by atoms with E-state index in [1.807, 2.05) is 0 Å². The standard InChI is InChI=1S/C17H20N2O7/c1-25-15-6-11(4-5-14(15)19(23)24)26-9-16(20)18-7-12(10-2-3-10)13(8-18)17(21)22/h4-6,10,12-13H,2-3,7-9H2,1H3,(H,21,22)/t12-,13+/m1/s1. The molecule has 1 heterocycles. The molecule has 0 bridgehead atoms. The van der Waals surface area contributed by atoms with Crippen molar-refractivity contribution >= 4 is 17.6 Å². The van der Waals surface area contributed by atoms with Gasteiger partial charge in [0.15, 0.2) is 6.61 Å². The first-order valence-corrected chi connectivity index (χ1v) is 8.36. The van der Waals surface area contributed by atoms with E-state index in [9.17, 15) is 24.8 Å². The van der Waals surface area contributed by atoms with Gasteiger partial charge >= 0.3 is 11.7 Å². The number of aliphatic carboxylic acids is 1. The highest BCUT2D eigenvalue weighted by molar-refractivity contribution is 5.80. The van der Waals surface area contributed by atoms with Gasteiger partial charge in [0.1, 0.15) is 5.75 Å². The molecule has 2 fully saturated rings. The molecule has 2 aliphatic rings. The molecule has 0 radical (unpaired) electrons. The van der Waals surface area contributed by atoms with Crippen LogP contribution in [0.25, 0.3) is 0 Å². The summed E-state index contributed by atoms with van der Waals surface area (Å²) in [4.78, 5) is 35.6. The molecule has 1 aliphatic carbocycles. The average Bonchev–Trinajstić information content (AvgIpc) is 3.36. The number of benzene rings is 1. The Morgan fingerprint density at radius 2 is 2.08 bits per heavy atom. The van der Waals surface area contributed by atoms with Crippen molar-refractivity contribution < 1.29 is 29.1 Å². The quantitative estimate of drug-likeness (QED) is 0.576. The highest BCUT2D eigenvalue weighted by Crippen LogP contribution is 2.44. The summed E-state index contributed by atoms with van der Waals surface area (Å²) >= 11 is 0. The Balaban J connectivity index is 1.60. The van der Waals surface area contributed by atoms with Crippen molar-refractivity contribution in [1.29, 1.82) is 0 Å². The van der Waals surface area contributed by atoms with E-state index in [0.29, 0.717) is 12.5 Å². The number of likely N-dealkylation sites (tertiary alicyclic amines) is 1. The molecule has 1 aromatic rings. The molecule has 9 nitrogen and oxygen atoms in total. The van der Waals surface area contributed by atoms with Gasteiger partial charge in [-0.3, -0.25) is 19.7 Å². The average molecular weight is 364 g/mol. The lowest BCUT2D eigenvalue weighted by atomic mass is 9.92. The highest BCUT2D eigenvalue weighted by atomic mass is 16.6. The molecular formula is C17H20N2O7. The number of methoxy groups -OCH3 is 1. The van der Waals surface area contributed by atoms with Crippen molar-refractivity contribution in [3.63, 3.8) is 0 Å². The van der Waals surface area contributed by atoms with Crippen LogP contribution in [0.5, 0.6) is 11.5 Å². The number of nitro groups is 1. The fourth-order valence-corrected chi connectivity index (χ4v) is 3.43. The van der Waals surface area contributed by atoms with E-state index >= 15 is 0 Å². The number of hydrogen-bond donors (Lipinski definition) is 1. The van der Waals surface area contributed by atoms with Gasteiger partial charge in [0.25, 0.3) is 5.91 Å². The van der Waals surface area contributed by atoms with E-state index in [4.69, 9.17) is 9.47 Å². The van der Waals surface area contributed by atoms with Crippen LogP contribution >= 0.6 is 0 Å². The number of nitro benzene ring substituents is 1. The summed E-state index contributed by atoms with van der Waals surface area (Å²) in [6.07, 6.45) is 2.05. The first kappa shape index (κ1) is 18.0. The van der Waals surface area contributed by atoms with Crippen molar-refractivity contribution in [3.05, 3.63) is 28.3 Å². The van der Waals surface area contributed by atoms with Crippen molar-refractivity contribution in [2.75, 3.05) is 26.8 Å². The van der Waals surface area contributed by atoms with Gasteiger partial charge in [-0.05, 0) is 30.7 Å². The van der Waals surface area contributed by atoms with Gasteiger partial charge in [-0.15, -0.1) is 0 Å². The zero-order valence-electron chi connectivity index (χ0n) is 14.3. The van der Waals surface area contributed by atoms with Gasteiger partial charge in [-0.25, -0.2) is 0 Å². The Hall–Kier alpha value is -2.84. The smallest absolute Gasteiger partial charge is 0.311 e. The number of carboxylic acids is 1. The first-order valence-electron chi connectivity index (χ1n) is 8.36. The molecule has 140 valence electrons. The van der Waals surface area contributed by atoms with Crippen LogP contribution in [0.1, 0.15) is 12.8 Å². The largest absolute Gasteiger partial charge is 0.490 e. The van der Waals surface area contributed by atoms with Crippen LogP contribution in [-0.4, -0.2) is 53.6 Å². The molecule has 3 rings (SSSR count). The molecule has 1 amide bonds. The summed E-state index contributed by atoms with van der Waals surface area (Å²) in [5.74, 6) is -0.958. The summed E-state index contributed by atoms with van der Waals surface area (Å²) in [6, 6.07) is 3.99. The van der Waals surface area contributed by atoms with E-state index < -0.39 is 16.8 Å². The molecular weight excluding hydrogens is 344 g/mol. The topological polar surface area (TPSA) is 119 Å². The number of ether oxygens (including phenoxy) is 2. The van der Waals surface area contributed by atoms with Gasteiger partial charge in [0.2, 0.25) is 5.75 Å². The third kappa shape index (κ3) is 3.71. The number of carbonyl (C=O) groups excluding carboxylic acids is 1. The Kier molecular flexibility index (Phi) is 4.97. The van der Waals surface area contributed by atoms with E-state index in [2.05, 4.69) is 0 Å². The van der Waals surface area contributed by atoms with Gasteiger partial charge in [0.05, 0.1) is 18.0 Å². The van der Waals surface area contributed by atoms with Crippen LogP contribution < -0.4 is 9.47 Å². The number of amides is 1. The van der Waals surface area contributed by atoms with E-state index in [-0.39, 0.29) is 42.2 Å². The molecule has 1 saturated carbocycles. The molecule has 0 spiro atoms. The summed E-state index contributed by atoms with van der Waals surface area (Å²) in [5.41, 5.74) is -0.192. The van der Waals surface area contributed by atoms with Crippen LogP contribution in [0.4, 0.5) is 5.69 Å². The summed E-state index contributed by atoms with van der Waals surface area (Å²) in [6.45, 7) is 0.375. The fourth-order valence-electron chi connectivity index (χ4n) is 3.43. The van der Waals surface area contributed by atoms with E-state index in [1.54, 1.807) is 0 Å². The number of nitrogens with zero attached hydrogens (tertiary/aromatic N) is 2. The second-order valence-electron chi connectivity index (χ2n) is 6.62. The van der Waals surface area contributed by atoms with Gasteiger partial charge in [-0.2, -0.15) is 0 Å². The van der Waals surface area contributed by atoms with Gasteiger partial charge in [-0.1, -0.05) is 0 Å². The summed E-state index contributed by atoms with van der Waals surface area (Å²) < 4.78 is 10.4. The SMILES string of the molecule is COc1cc(OCC(=O)N2C[C@H](C(=O)O)[C@@H](C3CC3)C2)ccc1[N+](=O)[O-]. The lowest BCUT2D eigenvalue weighted by molar-refractivity contribution is -0.385. The maximum atomic E-state index is 12.4. The summed E-state index contributed by atoms with van der Waals surface area (Å²) in [7, 11) is 1.31. The van der Waals surface area contributed by atoms with Gasteiger partial charge < -0.3 is 19.5 Å². The molecule has 1 N–H and O–H groups in total. The van der Waals surface area contributed by atoms with Crippen LogP contribution in [0.15, 0.2) is 18.2 Å². The molecule has 9 heteroatoms. The maximum Gasteiger partial charge on any atom is 0.311 e. The monoisotopic (exact) mass is 364 g/mol. The zero-order valence-corrected chi connectivity index (χ0v) is 14.3. The first-order chi connectivity index (χ1) is 12.4. The van der Waals surface area contributed by atoms with Crippen molar-refractivity contribution in [3.8, 4) is 11.5 Å². The molecule has 2 atom stereocenters. The second kappa shape index (κ2) is 7.19. The third-order valence-electron chi connectivity index (χ3n) is 4.97. The predicted molar refractivity (Wildman–Crippen MR) is 89.1 cm³/mol. The van der Waals surface area contributed by atoms with Crippen LogP contribution in [0.2, 0.25) is 0 Å². The van der Waals surface area contributed by atoms with Gasteiger partial charge in [0, 0.05) is 25.2 Å². The summed E-state index contributed by atoms with van der Waals surface area (Å²) in [5, 5.41) is 20.2. The third-order valence-corrected chi connectivity index (χ3v) is 4.97. The fraction of sp³-hybridized carbons (Fsp3) is 0.529. The van der Waals surface area contributed by atoms with E-state index in [1.165, 1.54) is 30.2 Å². The van der Waals surface area contributed by atoms with Crippen molar-refractivity contribution in [2.45, 2.75) is 12.8 Å². The lowest BCUT2D eigenvalue weighted by Gasteiger charge is -2.16. The minimum Gasteiger partial charge on any atom is -0.490 e. The molecule has 1 aromatic carbocycles. The molecule has 0 unspecified atom stereocenters. The van der Waals surface area contributed by atoms with Crippen LogP contribution in [0, 0.1) is 27.9 Å². The zero-order chi connectivity index (χ0) is 18.8. The minimum atomic E-state index is -0.863. The number of hydrogen-bond acceptors (Lipinski definition) is 6. The number of rotatable bonds is 7.